The van der Waals surface area contributed by atoms with Crippen molar-refractivity contribution in [3.8, 4) is 22.6 Å². The Hall–Kier alpha value is -4.16. The number of anilines is 1. The van der Waals surface area contributed by atoms with Gasteiger partial charge in [-0.05, 0) is 98.6 Å². The summed E-state index contributed by atoms with van der Waals surface area (Å²) < 4.78 is 13.1. The highest BCUT2D eigenvalue weighted by Crippen LogP contribution is 2.41. The van der Waals surface area contributed by atoms with Crippen molar-refractivity contribution in [1.29, 1.82) is 0 Å². The van der Waals surface area contributed by atoms with E-state index in [2.05, 4.69) is 44.2 Å². The highest BCUT2D eigenvalue weighted by atomic mass is 28.4. The van der Waals surface area contributed by atoms with Crippen LogP contribution < -0.4 is 26.2 Å². The van der Waals surface area contributed by atoms with Crippen LogP contribution in [0.25, 0.3) is 22.0 Å². The lowest BCUT2D eigenvalue weighted by Crippen LogP contribution is -2.44. The van der Waals surface area contributed by atoms with E-state index in [4.69, 9.17) is 14.9 Å². The van der Waals surface area contributed by atoms with Gasteiger partial charge < -0.3 is 35.4 Å². The van der Waals surface area contributed by atoms with Gasteiger partial charge >= 0.3 is 6.09 Å². The number of nitrogens with zero attached hydrogens (tertiary/aromatic N) is 1. The van der Waals surface area contributed by atoms with Gasteiger partial charge in [-0.1, -0.05) is 70.0 Å². The Balaban J connectivity index is 1.16. The van der Waals surface area contributed by atoms with E-state index < -0.39 is 14.4 Å². The average molecular weight is 743 g/mol. The third-order valence-electron chi connectivity index (χ3n) is 11.0. The number of nitrogens with one attached hydrogen (secondary N) is 2. The highest BCUT2D eigenvalue weighted by molar-refractivity contribution is 6.74. The Morgan fingerprint density at radius 3 is 2.40 bits per heavy atom. The summed E-state index contributed by atoms with van der Waals surface area (Å²) in [7, 11) is -2.15. The normalized spacial score (nSPS) is 17.1. The Bertz CT molecular complexity index is 1870. The average Bonchev–Trinajstić information content (AvgIpc) is 3.11. The van der Waals surface area contributed by atoms with E-state index in [1.165, 1.54) is 11.0 Å². The molecule has 11 heteroatoms. The molecule has 1 amide bonds. The molecule has 0 spiro atoms. The molecule has 53 heavy (non-hydrogen) atoms. The van der Waals surface area contributed by atoms with Crippen LogP contribution in [0.4, 0.5) is 10.5 Å². The van der Waals surface area contributed by atoms with Crippen molar-refractivity contribution in [2.45, 2.75) is 108 Å². The lowest BCUT2D eigenvalue weighted by Gasteiger charge is -2.39. The first kappa shape index (κ1) is 40.0. The minimum absolute atomic E-state index is 0.0134. The Labute approximate surface area is 314 Å². The van der Waals surface area contributed by atoms with Crippen LogP contribution in [0.3, 0.4) is 0 Å². The predicted octanol–water partition coefficient (Wildman–Crippen LogP) is 8.95. The smallest absolute Gasteiger partial charge is 0.412 e. The fraction of sp³-hybridized carbons (Fsp3) is 0.476. The monoisotopic (exact) mass is 742 g/mol. The number of hydrogen-bond acceptors (Lipinski definition) is 7. The molecular formula is C42H58N4O6Si. The summed E-state index contributed by atoms with van der Waals surface area (Å²) in [4.78, 5) is 29.0. The Morgan fingerprint density at radius 1 is 0.981 bits per heavy atom. The maximum Gasteiger partial charge on any atom is 0.412 e. The van der Waals surface area contributed by atoms with Crippen LogP contribution >= 0.6 is 0 Å². The molecule has 1 atom stereocenters. The molecule has 3 aromatic carbocycles. The van der Waals surface area contributed by atoms with Gasteiger partial charge in [-0.2, -0.15) is 0 Å². The van der Waals surface area contributed by atoms with Crippen LogP contribution in [0.15, 0.2) is 77.6 Å². The van der Waals surface area contributed by atoms with E-state index in [0.29, 0.717) is 30.1 Å². The molecule has 1 saturated carbocycles. The molecule has 1 heterocycles. The number of ether oxygens (including phenoxy) is 1. The number of fused-ring (bicyclic) bond motifs is 1. The van der Waals surface area contributed by atoms with Gasteiger partial charge in [-0.3, -0.25) is 9.69 Å². The number of nitrogens with two attached hydrogens (primary N) is 1. The van der Waals surface area contributed by atoms with Crippen LogP contribution in [-0.4, -0.2) is 61.4 Å². The topological polar surface area (TPSA) is 150 Å². The number of aromatic amines is 1. The van der Waals surface area contributed by atoms with Gasteiger partial charge in [0, 0.05) is 41.7 Å². The van der Waals surface area contributed by atoms with Gasteiger partial charge in [-0.15, -0.1) is 0 Å². The summed E-state index contributed by atoms with van der Waals surface area (Å²) in [6.45, 7) is 13.1. The van der Waals surface area contributed by atoms with Crippen molar-refractivity contribution >= 4 is 31.0 Å². The quantitative estimate of drug-likeness (QED) is 0.0564. The predicted molar refractivity (Wildman–Crippen MR) is 217 cm³/mol. The summed E-state index contributed by atoms with van der Waals surface area (Å²) in [5, 5.41) is 25.3. The molecule has 1 aliphatic carbocycles. The van der Waals surface area contributed by atoms with Crippen molar-refractivity contribution < 1.29 is 24.2 Å². The number of hydrogen-bond donors (Lipinski definition) is 5. The minimum atomic E-state index is -2.15. The van der Waals surface area contributed by atoms with Crippen molar-refractivity contribution in [3.05, 3.63) is 88.7 Å². The first-order chi connectivity index (χ1) is 25.2. The molecule has 1 aliphatic rings. The maximum atomic E-state index is 12.7. The molecule has 6 N–H and O–H groups in total. The molecule has 4 aromatic rings. The fourth-order valence-electron chi connectivity index (χ4n) is 6.89. The molecule has 286 valence electrons. The molecule has 0 aliphatic heterocycles. The molecule has 0 bridgehead atoms. The van der Waals surface area contributed by atoms with Gasteiger partial charge in [0.05, 0.1) is 23.9 Å². The number of unbranched alkanes of at least 4 members (excludes halogenated alkanes) is 3. The summed E-state index contributed by atoms with van der Waals surface area (Å²) >= 11 is 0. The van der Waals surface area contributed by atoms with Crippen LogP contribution in [0.1, 0.15) is 83.8 Å². The molecule has 1 aromatic heterocycles. The molecule has 0 radical (unpaired) electrons. The third kappa shape index (κ3) is 10.3. The van der Waals surface area contributed by atoms with Crippen LogP contribution in [0, 0.1) is 0 Å². The van der Waals surface area contributed by atoms with Gasteiger partial charge in [0.1, 0.15) is 11.5 Å². The number of aromatic hydroxyl groups is 1. The SMILES string of the molecule is CC(C)(C)[Si](C)(C)O[C@@H](CNCCCCCCOc1ccc(-c2ccccc2)c(N(C(=O)O)[C@H]2CC[C@H](N)CC2)c1)c1ccc(O)c2[nH]c(=O)ccc12. The summed E-state index contributed by atoms with van der Waals surface area (Å²) in [6.07, 6.45) is 5.79. The summed E-state index contributed by atoms with van der Waals surface area (Å²) in [5.74, 6) is 0.708. The maximum absolute atomic E-state index is 12.7. The Kier molecular flexibility index (Phi) is 13.4. The zero-order valence-corrected chi connectivity index (χ0v) is 33.0. The zero-order valence-electron chi connectivity index (χ0n) is 32.0. The van der Waals surface area contributed by atoms with Gasteiger partial charge in [0.15, 0.2) is 8.32 Å². The summed E-state index contributed by atoms with van der Waals surface area (Å²) in [6, 6.07) is 22.5. The first-order valence-electron chi connectivity index (χ1n) is 19.1. The molecular weight excluding hydrogens is 685 g/mol. The lowest BCUT2D eigenvalue weighted by atomic mass is 9.90. The molecule has 10 nitrogen and oxygen atoms in total. The zero-order chi connectivity index (χ0) is 38.2. The molecule has 0 unspecified atom stereocenters. The minimum Gasteiger partial charge on any atom is -0.506 e. The van der Waals surface area contributed by atoms with Gasteiger partial charge in [0.2, 0.25) is 5.56 Å². The van der Waals surface area contributed by atoms with E-state index in [1.807, 2.05) is 54.6 Å². The number of aromatic nitrogens is 1. The number of pyridine rings is 1. The second kappa shape index (κ2) is 17.8. The fourth-order valence-corrected chi connectivity index (χ4v) is 8.17. The van der Waals surface area contributed by atoms with E-state index >= 15 is 0 Å². The van der Waals surface area contributed by atoms with Crippen LogP contribution in [0.2, 0.25) is 18.1 Å². The van der Waals surface area contributed by atoms with E-state index in [9.17, 15) is 19.8 Å². The van der Waals surface area contributed by atoms with Gasteiger partial charge in [0.25, 0.3) is 0 Å². The van der Waals surface area contributed by atoms with E-state index in [0.717, 1.165) is 80.0 Å². The Morgan fingerprint density at radius 2 is 1.70 bits per heavy atom. The second-order valence-corrected chi connectivity index (χ2v) is 20.6. The first-order valence-corrected chi connectivity index (χ1v) is 22.0. The standard InChI is InChI=1S/C42H58N4O6Si/c1-42(2,3)53(4,5)52-38(34-21-23-37(47)40-35(34)22-24-39(48)45-40)28-44-25-11-6-7-12-26-51-32-19-20-33(29-13-9-8-10-14-29)36(27-32)46(41(49)50)31-17-15-30(43)16-18-31/h8-10,13-14,19-24,27,30-31,38,44,47H,6-7,11-12,15-18,25-26,28,43H2,1-5H3,(H,45,48)(H,49,50)/t30-,31-,38-/m0/s1. The number of phenols is 1. The molecule has 1 fully saturated rings. The van der Waals surface area contributed by atoms with Crippen LogP contribution in [0.5, 0.6) is 11.5 Å². The third-order valence-corrected chi connectivity index (χ3v) is 15.5. The van der Waals surface area contributed by atoms with Crippen LogP contribution in [-0.2, 0) is 4.43 Å². The van der Waals surface area contributed by atoms with E-state index in [-0.39, 0.29) is 34.5 Å². The largest absolute Gasteiger partial charge is 0.506 e. The number of rotatable bonds is 16. The summed E-state index contributed by atoms with van der Waals surface area (Å²) in [5.41, 5.74) is 9.75. The second-order valence-electron chi connectivity index (χ2n) is 15.9. The lowest BCUT2D eigenvalue weighted by molar-refractivity contribution is 0.181. The number of phenolic OH excluding ortho intramolecular Hbond substituents is 1. The van der Waals surface area contributed by atoms with Crippen molar-refractivity contribution in [2.24, 2.45) is 5.73 Å². The van der Waals surface area contributed by atoms with Crippen molar-refractivity contribution in [1.82, 2.24) is 10.3 Å². The van der Waals surface area contributed by atoms with Gasteiger partial charge in [-0.25, -0.2) is 4.79 Å². The number of benzene rings is 3. The number of carbonyl (C=O) groups is 1. The molecule has 0 saturated heterocycles. The molecule has 5 rings (SSSR count). The van der Waals surface area contributed by atoms with Crippen molar-refractivity contribution in [2.75, 3.05) is 24.6 Å². The number of carboxylic acid groups (broad SMARTS) is 1. The van der Waals surface area contributed by atoms with Crippen molar-refractivity contribution in [3.63, 3.8) is 0 Å². The van der Waals surface area contributed by atoms with E-state index in [1.54, 1.807) is 12.1 Å². The number of H-pyrrole nitrogens is 1. The number of amides is 1. The highest BCUT2D eigenvalue weighted by Gasteiger charge is 2.40.